The number of nitrogens with one attached hydrogen (secondary N) is 2. The van der Waals surface area contributed by atoms with Crippen LogP contribution in [0.25, 0.3) is 0 Å². The predicted octanol–water partition coefficient (Wildman–Crippen LogP) is 5.76. The summed E-state index contributed by atoms with van der Waals surface area (Å²) in [5.41, 5.74) is 2.05. The van der Waals surface area contributed by atoms with Gasteiger partial charge in [-0.25, -0.2) is 4.79 Å². The zero-order valence-electron chi connectivity index (χ0n) is 16.5. The second-order valence-electron chi connectivity index (χ2n) is 6.33. The smallest absolute Gasteiger partial charge is 0.341 e. The zero-order chi connectivity index (χ0) is 21.8. The summed E-state index contributed by atoms with van der Waals surface area (Å²) >= 11 is 8.44. The summed E-state index contributed by atoms with van der Waals surface area (Å²) in [6.45, 7) is 5.39. The van der Waals surface area contributed by atoms with Crippen molar-refractivity contribution in [2.24, 2.45) is 0 Å². The second kappa shape index (κ2) is 9.42. The number of rotatable bonds is 6. The molecule has 2 amide bonds. The molecule has 3 aromatic rings. The van der Waals surface area contributed by atoms with E-state index in [4.69, 9.17) is 16.3 Å². The highest BCUT2D eigenvalue weighted by Crippen LogP contribution is 2.35. The number of esters is 1. The van der Waals surface area contributed by atoms with Gasteiger partial charge in [0.2, 0.25) is 0 Å². The maximum absolute atomic E-state index is 12.9. The summed E-state index contributed by atoms with van der Waals surface area (Å²) in [6, 6.07) is 8.64. The van der Waals surface area contributed by atoms with Crippen LogP contribution in [0.2, 0.25) is 5.02 Å². The highest BCUT2D eigenvalue weighted by Gasteiger charge is 2.27. The maximum Gasteiger partial charge on any atom is 0.341 e. The van der Waals surface area contributed by atoms with Gasteiger partial charge < -0.3 is 15.4 Å². The molecule has 0 spiro atoms. The molecule has 6 nitrogen and oxygen atoms in total. The van der Waals surface area contributed by atoms with Crippen molar-refractivity contribution >= 4 is 62.7 Å². The van der Waals surface area contributed by atoms with Crippen molar-refractivity contribution in [3.63, 3.8) is 0 Å². The molecule has 0 fully saturated rings. The number of benzene rings is 1. The Labute approximate surface area is 186 Å². The molecule has 0 unspecified atom stereocenters. The molecule has 0 bridgehead atoms. The fraction of sp³-hybridized carbons (Fsp3) is 0.190. The molecule has 2 N–H and O–H groups in total. The molecular formula is C21H19ClN2O4S2. The molecule has 0 saturated carbocycles. The third-order valence-corrected chi connectivity index (χ3v) is 6.72. The number of thiophene rings is 2. The largest absolute Gasteiger partial charge is 0.462 e. The van der Waals surface area contributed by atoms with E-state index in [2.05, 4.69) is 10.6 Å². The summed E-state index contributed by atoms with van der Waals surface area (Å²) in [5, 5.41) is 8.11. The molecule has 156 valence electrons. The molecule has 1 aromatic carbocycles. The van der Waals surface area contributed by atoms with Crippen LogP contribution in [0, 0.1) is 13.8 Å². The number of aryl methyl sites for hydroxylation is 1. The summed E-state index contributed by atoms with van der Waals surface area (Å²) < 4.78 is 5.13. The number of carbonyl (C=O) groups is 3. The van der Waals surface area contributed by atoms with Crippen molar-refractivity contribution in [2.75, 3.05) is 17.2 Å². The molecule has 30 heavy (non-hydrogen) atoms. The van der Waals surface area contributed by atoms with Crippen molar-refractivity contribution in [1.29, 1.82) is 0 Å². The van der Waals surface area contributed by atoms with E-state index in [1.54, 1.807) is 49.6 Å². The van der Waals surface area contributed by atoms with Crippen molar-refractivity contribution < 1.29 is 19.1 Å². The van der Waals surface area contributed by atoms with Crippen molar-refractivity contribution in [3.8, 4) is 0 Å². The standard InChI is InChI=1S/C21H19ClN2O4S2/c1-4-28-21(27)16-12(3)17(19(26)23-13-8-7-11(2)14(22)10-13)30-20(16)24-18(25)15-6-5-9-29-15/h5-10H,4H2,1-3H3,(H,23,26)(H,24,25). The van der Waals surface area contributed by atoms with Crippen LogP contribution in [-0.2, 0) is 4.74 Å². The molecule has 2 aromatic heterocycles. The molecule has 0 radical (unpaired) electrons. The van der Waals surface area contributed by atoms with Crippen LogP contribution in [0.3, 0.4) is 0 Å². The monoisotopic (exact) mass is 462 g/mol. The number of ether oxygens (including phenoxy) is 1. The zero-order valence-corrected chi connectivity index (χ0v) is 18.9. The minimum Gasteiger partial charge on any atom is -0.462 e. The van der Waals surface area contributed by atoms with E-state index in [9.17, 15) is 14.4 Å². The minimum atomic E-state index is -0.592. The average molecular weight is 463 g/mol. The third-order valence-electron chi connectivity index (χ3n) is 4.23. The van der Waals surface area contributed by atoms with Gasteiger partial charge in [-0.2, -0.15) is 0 Å². The van der Waals surface area contributed by atoms with Crippen LogP contribution >= 0.6 is 34.3 Å². The topological polar surface area (TPSA) is 84.5 Å². The quantitative estimate of drug-likeness (QED) is 0.456. The van der Waals surface area contributed by atoms with E-state index < -0.39 is 11.9 Å². The van der Waals surface area contributed by atoms with Crippen LogP contribution in [0.5, 0.6) is 0 Å². The third kappa shape index (κ3) is 4.72. The van der Waals surface area contributed by atoms with Gasteiger partial charge in [0.25, 0.3) is 11.8 Å². The first-order chi connectivity index (χ1) is 14.3. The molecule has 0 saturated heterocycles. The predicted molar refractivity (Wildman–Crippen MR) is 121 cm³/mol. The Morgan fingerprint density at radius 1 is 1.10 bits per heavy atom. The molecule has 0 aliphatic heterocycles. The Balaban J connectivity index is 1.93. The normalized spacial score (nSPS) is 10.5. The SMILES string of the molecule is CCOC(=O)c1c(NC(=O)c2cccs2)sc(C(=O)Nc2ccc(C)c(Cl)c2)c1C. The highest BCUT2D eigenvalue weighted by atomic mass is 35.5. The maximum atomic E-state index is 12.9. The van der Waals surface area contributed by atoms with Crippen LogP contribution in [0.4, 0.5) is 10.7 Å². The summed E-state index contributed by atoms with van der Waals surface area (Å²) in [6.07, 6.45) is 0. The van der Waals surface area contributed by atoms with Crippen LogP contribution in [0.1, 0.15) is 47.8 Å². The van der Waals surface area contributed by atoms with Crippen molar-refractivity contribution in [1.82, 2.24) is 0 Å². The van der Waals surface area contributed by atoms with E-state index in [-0.39, 0.29) is 23.1 Å². The number of hydrogen-bond acceptors (Lipinski definition) is 6. The number of amides is 2. The lowest BCUT2D eigenvalue weighted by Crippen LogP contribution is -2.14. The minimum absolute atomic E-state index is 0.176. The van der Waals surface area contributed by atoms with Gasteiger partial charge in [-0.05, 0) is 55.5 Å². The van der Waals surface area contributed by atoms with E-state index >= 15 is 0 Å². The van der Waals surface area contributed by atoms with Crippen LogP contribution in [-0.4, -0.2) is 24.4 Å². The van der Waals surface area contributed by atoms with Crippen LogP contribution < -0.4 is 10.6 Å². The van der Waals surface area contributed by atoms with Gasteiger partial charge in [-0.15, -0.1) is 22.7 Å². The first kappa shape index (κ1) is 22.0. The lowest BCUT2D eigenvalue weighted by atomic mass is 10.1. The molecular weight excluding hydrogens is 444 g/mol. The lowest BCUT2D eigenvalue weighted by molar-refractivity contribution is 0.0527. The van der Waals surface area contributed by atoms with Gasteiger partial charge in [-0.1, -0.05) is 23.7 Å². The Bertz CT molecular complexity index is 1110. The molecule has 0 atom stereocenters. The molecule has 0 aliphatic rings. The van der Waals surface area contributed by atoms with E-state index in [0.29, 0.717) is 26.0 Å². The van der Waals surface area contributed by atoms with Gasteiger partial charge in [0.05, 0.1) is 21.9 Å². The fourth-order valence-electron chi connectivity index (χ4n) is 2.70. The Kier molecular flexibility index (Phi) is 6.91. The number of halogens is 1. The lowest BCUT2D eigenvalue weighted by Gasteiger charge is -2.07. The molecule has 0 aliphatic carbocycles. The number of anilines is 2. The summed E-state index contributed by atoms with van der Waals surface area (Å²) in [4.78, 5) is 38.7. The second-order valence-corrected chi connectivity index (χ2v) is 8.71. The fourth-order valence-corrected chi connectivity index (χ4v) is 4.58. The van der Waals surface area contributed by atoms with Crippen LogP contribution in [0.15, 0.2) is 35.7 Å². The summed E-state index contributed by atoms with van der Waals surface area (Å²) in [5.74, 6) is -1.35. The number of hydrogen-bond donors (Lipinski definition) is 2. The van der Waals surface area contributed by atoms with E-state index in [0.717, 1.165) is 16.9 Å². The van der Waals surface area contributed by atoms with Gasteiger partial charge in [0, 0.05) is 10.7 Å². The van der Waals surface area contributed by atoms with Crippen molar-refractivity contribution in [3.05, 3.63) is 67.2 Å². The van der Waals surface area contributed by atoms with Gasteiger partial charge in [0.15, 0.2) is 0 Å². The molecule has 3 rings (SSSR count). The first-order valence-electron chi connectivity index (χ1n) is 9.04. The highest BCUT2D eigenvalue weighted by molar-refractivity contribution is 7.19. The Morgan fingerprint density at radius 3 is 2.50 bits per heavy atom. The number of carbonyl (C=O) groups excluding carboxylic acids is 3. The molecule has 2 heterocycles. The Morgan fingerprint density at radius 2 is 1.87 bits per heavy atom. The molecule has 9 heteroatoms. The summed E-state index contributed by atoms with van der Waals surface area (Å²) in [7, 11) is 0. The first-order valence-corrected chi connectivity index (χ1v) is 11.1. The van der Waals surface area contributed by atoms with E-state index in [1.807, 2.05) is 6.92 Å². The Hall–Kier alpha value is -2.68. The van der Waals surface area contributed by atoms with Gasteiger partial charge in [0.1, 0.15) is 5.00 Å². The van der Waals surface area contributed by atoms with Gasteiger partial charge >= 0.3 is 5.97 Å². The average Bonchev–Trinajstić information content (AvgIpc) is 3.33. The van der Waals surface area contributed by atoms with Gasteiger partial charge in [-0.3, -0.25) is 9.59 Å². The van der Waals surface area contributed by atoms with E-state index in [1.165, 1.54) is 11.3 Å². The van der Waals surface area contributed by atoms with Crippen molar-refractivity contribution in [2.45, 2.75) is 20.8 Å².